The van der Waals surface area contributed by atoms with Crippen molar-refractivity contribution < 1.29 is 9.50 Å². The quantitative estimate of drug-likeness (QED) is 0.544. The first-order chi connectivity index (χ1) is 3.84. The van der Waals surface area contributed by atoms with E-state index in [0.29, 0.717) is 0 Å². The summed E-state index contributed by atoms with van der Waals surface area (Å²) in [6.45, 7) is -0.328. The summed E-state index contributed by atoms with van der Waals surface area (Å²) < 4.78 is 12.0. The van der Waals surface area contributed by atoms with Gasteiger partial charge in [-0.05, 0) is 0 Å². The van der Waals surface area contributed by atoms with Crippen molar-refractivity contribution >= 4 is 0 Å². The fraction of sp³-hybridized carbons (Fsp3) is 0.250. The Morgan fingerprint density at radius 1 is 1.88 bits per heavy atom. The van der Waals surface area contributed by atoms with Crippen molar-refractivity contribution in [2.24, 2.45) is 0 Å². The van der Waals surface area contributed by atoms with Crippen LogP contribution in [0.2, 0.25) is 0 Å². The molecule has 2 N–H and O–H groups in total. The first-order valence-corrected chi connectivity index (χ1v) is 2.13. The molecule has 1 aromatic rings. The third kappa shape index (κ3) is 0.696. The lowest BCUT2D eigenvalue weighted by Gasteiger charge is -1.83. The van der Waals surface area contributed by atoms with Crippen LogP contribution >= 0.6 is 0 Å². The standard InChI is InChI=1S/C4H5FN2O/c5-4-3(1-8)6-2-7-4/h2,8H,1H2,(H,6,7). The number of hydrogen-bond donors (Lipinski definition) is 2. The van der Waals surface area contributed by atoms with E-state index in [1.807, 2.05) is 0 Å². The zero-order chi connectivity index (χ0) is 5.98. The van der Waals surface area contributed by atoms with Crippen LogP contribution in [0.25, 0.3) is 0 Å². The summed E-state index contributed by atoms with van der Waals surface area (Å²) in [5, 5.41) is 8.30. The number of aromatic amines is 1. The van der Waals surface area contributed by atoms with Crippen LogP contribution in [-0.2, 0) is 6.61 Å². The number of aliphatic hydroxyl groups is 1. The van der Waals surface area contributed by atoms with Gasteiger partial charge in [0.25, 0.3) is 0 Å². The van der Waals surface area contributed by atoms with Crippen LogP contribution in [0.4, 0.5) is 4.39 Å². The van der Waals surface area contributed by atoms with E-state index >= 15 is 0 Å². The number of nitrogens with one attached hydrogen (secondary N) is 1. The molecule has 4 heteroatoms. The van der Waals surface area contributed by atoms with Crippen LogP contribution in [0.5, 0.6) is 0 Å². The van der Waals surface area contributed by atoms with Gasteiger partial charge in [0.2, 0.25) is 5.95 Å². The topological polar surface area (TPSA) is 48.9 Å². The van der Waals surface area contributed by atoms with E-state index in [9.17, 15) is 4.39 Å². The molecule has 0 saturated heterocycles. The highest BCUT2D eigenvalue weighted by atomic mass is 19.1. The molecule has 1 aromatic heterocycles. The number of H-pyrrole nitrogens is 1. The Kier molecular flexibility index (Phi) is 1.26. The van der Waals surface area contributed by atoms with Crippen LogP contribution in [-0.4, -0.2) is 15.1 Å². The summed E-state index contributed by atoms with van der Waals surface area (Å²) in [4.78, 5) is 5.62. The minimum absolute atomic E-state index is 0.130. The Balaban J connectivity index is 2.92. The number of rotatable bonds is 1. The summed E-state index contributed by atoms with van der Waals surface area (Å²) in [5.74, 6) is -0.632. The molecule has 44 valence electrons. The average molecular weight is 116 g/mol. The molecular weight excluding hydrogens is 111 g/mol. The molecule has 0 aliphatic rings. The molecule has 0 saturated carbocycles. The summed E-state index contributed by atoms with van der Waals surface area (Å²) >= 11 is 0. The molecule has 1 heterocycles. The predicted molar refractivity (Wildman–Crippen MR) is 24.5 cm³/mol. The number of aliphatic hydroxyl groups excluding tert-OH is 1. The molecule has 0 aliphatic carbocycles. The molecule has 0 unspecified atom stereocenters. The monoisotopic (exact) mass is 116 g/mol. The van der Waals surface area contributed by atoms with Crippen LogP contribution in [0, 0.1) is 5.95 Å². The smallest absolute Gasteiger partial charge is 0.236 e. The van der Waals surface area contributed by atoms with Gasteiger partial charge in [0, 0.05) is 0 Å². The van der Waals surface area contributed by atoms with Crippen LogP contribution in [0.3, 0.4) is 0 Å². The van der Waals surface area contributed by atoms with Crippen LogP contribution in [0.15, 0.2) is 6.33 Å². The summed E-state index contributed by atoms with van der Waals surface area (Å²) in [5.41, 5.74) is 0.130. The van der Waals surface area contributed by atoms with Crippen molar-refractivity contribution in [3.05, 3.63) is 18.0 Å². The Bertz CT molecular complexity index is 174. The first kappa shape index (κ1) is 5.24. The summed E-state index contributed by atoms with van der Waals surface area (Å²) in [6, 6.07) is 0. The fourth-order valence-corrected chi connectivity index (χ4v) is 0.415. The molecule has 0 amide bonds. The van der Waals surface area contributed by atoms with Crippen molar-refractivity contribution in [1.82, 2.24) is 9.97 Å². The van der Waals surface area contributed by atoms with Gasteiger partial charge in [0.1, 0.15) is 0 Å². The minimum Gasteiger partial charge on any atom is -0.390 e. The number of aromatic nitrogens is 2. The van der Waals surface area contributed by atoms with Crippen molar-refractivity contribution in [1.29, 1.82) is 0 Å². The maximum Gasteiger partial charge on any atom is 0.236 e. The predicted octanol–water partition coefficient (Wildman–Crippen LogP) is 0.0411. The molecule has 0 spiro atoms. The number of hydrogen-bond acceptors (Lipinski definition) is 2. The van der Waals surface area contributed by atoms with Gasteiger partial charge in [-0.15, -0.1) is 0 Å². The lowest BCUT2D eigenvalue weighted by Crippen LogP contribution is -1.85. The molecule has 8 heavy (non-hydrogen) atoms. The van der Waals surface area contributed by atoms with Crippen molar-refractivity contribution in [3.8, 4) is 0 Å². The van der Waals surface area contributed by atoms with Gasteiger partial charge in [0.15, 0.2) is 0 Å². The zero-order valence-electron chi connectivity index (χ0n) is 4.06. The van der Waals surface area contributed by atoms with Crippen LogP contribution < -0.4 is 0 Å². The molecule has 0 aliphatic heterocycles. The largest absolute Gasteiger partial charge is 0.390 e. The molecule has 0 atom stereocenters. The van der Waals surface area contributed by atoms with E-state index in [-0.39, 0.29) is 12.3 Å². The highest BCUT2D eigenvalue weighted by molar-refractivity contribution is 4.94. The highest BCUT2D eigenvalue weighted by Crippen LogP contribution is 1.97. The molecule has 0 aromatic carbocycles. The first-order valence-electron chi connectivity index (χ1n) is 2.13. The van der Waals surface area contributed by atoms with Gasteiger partial charge in [0.05, 0.1) is 18.6 Å². The Labute approximate surface area is 45.2 Å². The molecule has 3 nitrogen and oxygen atoms in total. The van der Waals surface area contributed by atoms with E-state index in [1.54, 1.807) is 0 Å². The van der Waals surface area contributed by atoms with E-state index in [2.05, 4.69) is 9.97 Å². The fourth-order valence-electron chi connectivity index (χ4n) is 0.415. The van der Waals surface area contributed by atoms with Gasteiger partial charge in [-0.3, -0.25) is 0 Å². The zero-order valence-corrected chi connectivity index (χ0v) is 4.06. The lowest BCUT2D eigenvalue weighted by molar-refractivity contribution is 0.270. The van der Waals surface area contributed by atoms with Gasteiger partial charge >= 0.3 is 0 Å². The van der Waals surface area contributed by atoms with Gasteiger partial charge in [-0.2, -0.15) is 4.39 Å². The Hall–Kier alpha value is -0.900. The molecule has 0 bridgehead atoms. The highest BCUT2D eigenvalue weighted by Gasteiger charge is 1.99. The second-order valence-electron chi connectivity index (χ2n) is 1.33. The van der Waals surface area contributed by atoms with E-state index in [0.717, 1.165) is 0 Å². The van der Waals surface area contributed by atoms with Gasteiger partial charge in [-0.25, -0.2) is 4.98 Å². The molecule has 1 rings (SSSR count). The SMILES string of the molecule is OCc1[nH]cnc1F. The molecule has 0 fully saturated rings. The second kappa shape index (κ2) is 1.92. The summed E-state index contributed by atoms with van der Waals surface area (Å²) in [6.07, 6.45) is 1.20. The third-order valence-corrected chi connectivity index (χ3v) is 0.824. The Morgan fingerprint density at radius 3 is 2.88 bits per heavy atom. The van der Waals surface area contributed by atoms with Crippen molar-refractivity contribution in [3.63, 3.8) is 0 Å². The number of imidazole rings is 1. The van der Waals surface area contributed by atoms with E-state index < -0.39 is 5.95 Å². The maximum absolute atomic E-state index is 12.0. The molecule has 0 radical (unpaired) electrons. The van der Waals surface area contributed by atoms with E-state index in [4.69, 9.17) is 5.11 Å². The van der Waals surface area contributed by atoms with Crippen molar-refractivity contribution in [2.75, 3.05) is 0 Å². The van der Waals surface area contributed by atoms with Gasteiger partial charge in [-0.1, -0.05) is 0 Å². The molecular formula is C4H5FN2O. The lowest BCUT2D eigenvalue weighted by atomic mass is 10.5. The van der Waals surface area contributed by atoms with Crippen LogP contribution in [0.1, 0.15) is 5.69 Å². The number of halogens is 1. The van der Waals surface area contributed by atoms with Crippen molar-refractivity contribution in [2.45, 2.75) is 6.61 Å². The normalized spacial score (nSPS) is 9.75. The second-order valence-corrected chi connectivity index (χ2v) is 1.33. The average Bonchev–Trinajstić information content (AvgIpc) is 2.14. The third-order valence-electron chi connectivity index (χ3n) is 0.824. The Morgan fingerprint density at radius 2 is 2.62 bits per heavy atom. The summed E-state index contributed by atoms with van der Waals surface area (Å²) in [7, 11) is 0. The van der Waals surface area contributed by atoms with E-state index in [1.165, 1.54) is 6.33 Å². The van der Waals surface area contributed by atoms with Gasteiger partial charge < -0.3 is 10.1 Å². The minimum atomic E-state index is -0.632. The maximum atomic E-state index is 12.0. The number of nitrogens with zero attached hydrogens (tertiary/aromatic N) is 1.